The molecule has 2 aromatic rings. The van der Waals surface area contributed by atoms with E-state index in [4.69, 9.17) is 0 Å². The quantitative estimate of drug-likeness (QED) is 0.890. The summed E-state index contributed by atoms with van der Waals surface area (Å²) in [5.74, 6) is -0.485. The number of nitrogens with one attached hydrogen (secondary N) is 1. The topological polar surface area (TPSA) is 49.3 Å². The van der Waals surface area contributed by atoms with Gasteiger partial charge in [-0.1, -0.05) is 18.2 Å². The molecule has 0 heterocycles. The number of benzene rings is 2. The van der Waals surface area contributed by atoms with Crippen molar-refractivity contribution in [3.05, 3.63) is 59.4 Å². The number of phenols is 1. The first-order chi connectivity index (χ1) is 9.06. The van der Waals surface area contributed by atoms with Crippen molar-refractivity contribution in [1.29, 1.82) is 0 Å². The molecular formula is C15H14FNO2. The summed E-state index contributed by atoms with van der Waals surface area (Å²) >= 11 is 0. The second-order valence-corrected chi connectivity index (χ2v) is 4.30. The highest BCUT2D eigenvalue weighted by molar-refractivity contribution is 5.93. The molecule has 1 amide bonds. The van der Waals surface area contributed by atoms with Gasteiger partial charge in [0, 0.05) is 11.3 Å². The lowest BCUT2D eigenvalue weighted by Gasteiger charge is -2.09. The predicted molar refractivity (Wildman–Crippen MR) is 71.6 cm³/mol. The summed E-state index contributed by atoms with van der Waals surface area (Å²) in [6.45, 7) is 1.72. The number of carbonyl (C=O) groups excluding carboxylic acids is 1. The number of aromatic hydroxyl groups is 1. The summed E-state index contributed by atoms with van der Waals surface area (Å²) in [7, 11) is 0. The van der Waals surface area contributed by atoms with Gasteiger partial charge in [0.25, 0.3) is 0 Å². The molecule has 0 aliphatic heterocycles. The average Bonchev–Trinajstić information content (AvgIpc) is 2.35. The summed E-state index contributed by atoms with van der Waals surface area (Å²) in [6, 6.07) is 10.8. The Morgan fingerprint density at radius 1 is 1.26 bits per heavy atom. The summed E-state index contributed by atoms with van der Waals surface area (Å²) < 4.78 is 13.0. The Bertz CT molecular complexity index is 611. The first-order valence-electron chi connectivity index (χ1n) is 5.89. The van der Waals surface area contributed by atoms with Crippen molar-refractivity contribution in [3.63, 3.8) is 0 Å². The molecular weight excluding hydrogens is 245 g/mol. The molecule has 0 bridgehead atoms. The molecule has 19 heavy (non-hydrogen) atoms. The van der Waals surface area contributed by atoms with Crippen LogP contribution in [0, 0.1) is 12.7 Å². The summed E-state index contributed by atoms with van der Waals surface area (Å²) in [6.07, 6.45) is 0.0901. The van der Waals surface area contributed by atoms with Crippen LogP contribution in [-0.4, -0.2) is 11.0 Å². The number of rotatable bonds is 3. The SMILES string of the molecule is Cc1c(O)cccc1NC(=O)Cc1cccc(F)c1. The third-order valence-corrected chi connectivity index (χ3v) is 2.83. The van der Waals surface area contributed by atoms with Crippen molar-refractivity contribution < 1.29 is 14.3 Å². The van der Waals surface area contributed by atoms with Gasteiger partial charge in [-0.3, -0.25) is 4.79 Å². The molecule has 0 radical (unpaired) electrons. The van der Waals surface area contributed by atoms with Crippen LogP contribution < -0.4 is 5.32 Å². The zero-order valence-electron chi connectivity index (χ0n) is 10.5. The minimum absolute atomic E-state index is 0.0901. The van der Waals surface area contributed by atoms with Gasteiger partial charge in [0.05, 0.1) is 6.42 Å². The minimum atomic E-state index is -0.362. The van der Waals surface area contributed by atoms with E-state index >= 15 is 0 Å². The van der Waals surface area contributed by atoms with E-state index in [1.807, 2.05) is 0 Å². The molecule has 0 aliphatic rings. The first kappa shape index (κ1) is 13.1. The molecule has 0 unspecified atom stereocenters. The van der Waals surface area contributed by atoms with Crippen molar-refractivity contribution in [1.82, 2.24) is 0 Å². The van der Waals surface area contributed by atoms with E-state index in [1.54, 1.807) is 37.3 Å². The fourth-order valence-electron chi connectivity index (χ4n) is 1.79. The molecule has 0 atom stereocenters. The average molecular weight is 259 g/mol. The fourth-order valence-corrected chi connectivity index (χ4v) is 1.79. The monoisotopic (exact) mass is 259 g/mol. The molecule has 0 saturated carbocycles. The number of carbonyl (C=O) groups is 1. The standard InChI is InChI=1S/C15H14FNO2/c1-10-13(6-3-7-14(10)18)17-15(19)9-11-4-2-5-12(16)8-11/h2-8,18H,9H2,1H3,(H,17,19). The van der Waals surface area contributed by atoms with Gasteiger partial charge in [-0.25, -0.2) is 4.39 Å². The van der Waals surface area contributed by atoms with Gasteiger partial charge in [0.1, 0.15) is 11.6 Å². The third-order valence-electron chi connectivity index (χ3n) is 2.83. The fraction of sp³-hybridized carbons (Fsp3) is 0.133. The summed E-state index contributed by atoms with van der Waals surface area (Å²) in [4.78, 5) is 11.8. The molecule has 98 valence electrons. The lowest BCUT2D eigenvalue weighted by molar-refractivity contribution is -0.115. The molecule has 4 heteroatoms. The molecule has 3 nitrogen and oxygen atoms in total. The number of hydrogen-bond acceptors (Lipinski definition) is 2. The van der Waals surface area contributed by atoms with E-state index < -0.39 is 0 Å². The predicted octanol–water partition coefficient (Wildman–Crippen LogP) is 3.02. The molecule has 2 aromatic carbocycles. The minimum Gasteiger partial charge on any atom is -0.508 e. The Morgan fingerprint density at radius 3 is 2.74 bits per heavy atom. The van der Waals surface area contributed by atoms with Crippen LogP contribution in [0.3, 0.4) is 0 Å². The Balaban J connectivity index is 2.08. The second-order valence-electron chi connectivity index (χ2n) is 4.30. The van der Waals surface area contributed by atoms with Gasteiger partial charge in [-0.15, -0.1) is 0 Å². The summed E-state index contributed by atoms with van der Waals surface area (Å²) in [5, 5.41) is 12.2. The van der Waals surface area contributed by atoms with Crippen LogP contribution in [0.15, 0.2) is 42.5 Å². The van der Waals surface area contributed by atoms with Crippen molar-refractivity contribution in [3.8, 4) is 5.75 Å². The van der Waals surface area contributed by atoms with Crippen LogP contribution in [-0.2, 0) is 11.2 Å². The Kier molecular flexibility index (Phi) is 3.80. The van der Waals surface area contributed by atoms with Gasteiger partial charge in [0.15, 0.2) is 0 Å². The number of halogens is 1. The normalized spacial score (nSPS) is 10.2. The zero-order valence-corrected chi connectivity index (χ0v) is 10.5. The van der Waals surface area contributed by atoms with Crippen LogP contribution in [0.1, 0.15) is 11.1 Å². The zero-order chi connectivity index (χ0) is 13.8. The smallest absolute Gasteiger partial charge is 0.228 e. The maximum absolute atomic E-state index is 13.0. The van der Waals surface area contributed by atoms with Crippen LogP contribution in [0.2, 0.25) is 0 Å². The van der Waals surface area contributed by atoms with Crippen molar-refractivity contribution in [2.24, 2.45) is 0 Å². The Labute approximate surface area is 110 Å². The van der Waals surface area contributed by atoms with Gasteiger partial charge in [-0.2, -0.15) is 0 Å². The van der Waals surface area contributed by atoms with E-state index in [0.717, 1.165) is 0 Å². The van der Waals surface area contributed by atoms with Crippen molar-refractivity contribution in [2.45, 2.75) is 13.3 Å². The van der Waals surface area contributed by atoms with Gasteiger partial charge in [-0.05, 0) is 36.8 Å². The first-order valence-corrected chi connectivity index (χ1v) is 5.89. The number of hydrogen-bond donors (Lipinski definition) is 2. The van der Waals surface area contributed by atoms with Gasteiger partial charge < -0.3 is 10.4 Å². The molecule has 2 N–H and O–H groups in total. The Morgan fingerprint density at radius 2 is 2.00 bits per heavy atom. The van der Waals surface area contributed by atoms with E-state index in [9.17, 15) is 14.3 Å². The molecule has 0 aromatic heterocycles. The lowest BCUT2D eigenvalue weighted by atomic mass is 10.1. The van der Waals surface area contributed by atoms with E-state index in [-0.39, 0.29) is 23.9 Å². The number of phenolic OH excluding ortho intramolecular Hbond substituents is 1. The molecule has 0 spiro atoms. The highest BCUT2D eigenvalue weighted by Gasteiger charge is 2.08. The van der Waals surface area contributed by atoms with Crippen LogP contribution in [0.25, 0.3) is 0 Å². The van der Waals surface area contributed by atoms with Gasteiger partial charge >= 0.3 is 0 Å². The maximum atomic E-state index is 13.0. The number of amides is 1. The highest BCUT2D eigenvalue weighted by Crippen LogP contribution is 2.23. The third kappa shape index (κ3) is 3.31. The second kappa shape index (κ2) is 5.52. The molecule has 0 saturated heterocycles. The maximum Gasteiger partial charge on any atom is 0.228 e. The molecule has 2 rings (SSSR count). The van der Waals surface area contributed by atoms with Crippen LogP contribution in [0.5, 0.6) is 5.75 Å². The summed E-state index contributed by atoms with van der Waals surface area (Å²) in [5.41, 5.74) is 1.77. The van der Waals surface area contributed by atoms with Crippen LogP contribution >= 0.6 is 0 Å². The van der Waals surface area contributed by atoms with Crippen molar-refractivity contribution in [2.75, 3.05) is 5.32 Å². The largest absolute Gasteiger partial charge is 0.508 e. The van der Waals surface area contributed by atoms with E-state index in [1.165, 1.54) is 12.1 Å². The number of anilines is 1. The van der Waals surface area contributed by atoms with Crippen molar-refractivity contribution >= 4 is 11.6 Å². The van der Waals surface area contributed by atoms with Crippen LogP contribution in [0.4, 0.5) is 10.1 Å². The van der Waals surface area contributed by atoms with Gasteiger partial charge in [0.2, 0.25) is 5.91 Å². The molecule has 0 fully saturated rings. The highest BCUT2D eigenvalue weighted by atomic mass is 19.1. The van der Waals surface area contributed by atoms with E-state index in [2.05, 4.69) is 5.32 Å². The van der Waals surface area contributed by atoms with E-state index in [0.29, 0.717) is 16.8 Å². The molecule has 0 aliphatic carbocycles. The Hall–Kier alpha value is -2.36. The lowest BCUT2D eigenvalue weighted by Crippen LogP contribution is -2.15.